The van der Waals surface area contributed by atoms with E-state index in [1.165, 1.54) is 0 Å². The number of hydrogen-bond acceptors (Lipinski definition) is 4. The Hall–Kier alpha value is -1.95. The van der Waals surface area contributed by atoms with Crippen LogP contribution >= 0.6 is 15.9 Å². The Morgan fingerprint density at radius 1 is 1.40 bits per heavy atom. The van der Waals surface area contributed by atoms with Crippen molar-refractivity contribution in [1.29, 1.82) is 0 Å². The fraction of sp³-hybridized carbons (Fsp3) is 0.214. The molecule has 0 atom stereocenters. The number of nitrogens with zero attached hydrogens (tertiary/aromatic N) is 2. The third kappa shape index (κ3) is 3.33. The molecule has 2 heterocycles. The van der Waals surface area contributed by atoms with Crippen LogP contribution in [0.15, 0.2) is 35.2 Å². The van der Waals surface area contributed by atoms with Gasteiger partial charge < -0.3 is 10.6 Å². The predicted octanol–water partition coefficient (Wildman–Crippen LogP) is 3.23. The number of anilines is 2. The van der Waals surface area contributed by atoms with Gasteiger partial charge in [-0.15, -0.1) is 0 Å². The Labute approximate surface area is 126 Å². The van der Waals surface area contributed by atoms with Crippen molar-refractivity contribution in [2.75, 3.05) is 17.2 Å². The summed E-state index contributed by atoms with van der Waals surface area (Å²) in [6, 6.07) is 3.50. The minimum absolute atomic E-state index is 0.211. The van der Waals surface area contributed by atoms with Gasteiger partial charge in [0, 0.05) is 23.4 Å². The number of aryl methyl sites for hydroxylation is 1. The predicted molar refractivity (Wildman–Crippen MR) is 83.0 cm³/mol. The maximum Gasteiger partial charge on any atom is 0.259 e. The molecule has 0 radical (unpaired) electrons. The molecule has 2 aromatic heterocycles. The highest BCUT2D eigenvalue weighted by Gasteiger charge is 2.12. The monoisotopic (exact) mass is 334 g/mol. The molecule has 0 aliphatic rings. The van der Waals surface area contributed by atoms with Gasteiger partial charge in [-0.3, -0.25) is 9.78 Å². The molecule has 2 rings (SSSR count). The second-order valence-electron chi connectivity index (χ2n) is 4.22. The SMILES string of the molecule is CCNc1cnccc1C(=O)Nc1cc(C)c(Br)cn1. The van der Waals surface area contributed by atoms with Crippen molar-refractivity contribution in [3.05, 3.63) is 46.3 Å². The lowest BCUT2D eigenvalue weighted by Crippen LogP contribution is -2.16. The molecule has 0 fully saturated rings. The van der Waals surface area contributed by atoms with E-state index in [1.807, 2.05) is 19.9 Å². The van der Waals surface area contributed by atoms with Crippen molar-refractivity contribution in [1.82, 2.24) is 9.97 Å². The summed E-state index contributed by atoms with van der Waals surface area (Å²) in [6.07, 6.45) is 4.90. The molecule has 1 amide bonds. The standard InChI is InChI=1S/C14H15BrN4O/c1-3-17-12-8-16-5-4-10(12)14(20)19-13-6-9(2)11(15)7-18-13/h4-8,17H,3H2,1-2H3,(H,18,19,20). The maximum absolute atomic E-state index is 12.3. The van der Waals surface area contributed by atoms with E-state index in [9.17, 15) is 4.79 Å². The Kier molecular flexibility index (Phi) is 4.68. The van der Waals surface area contributed by atoms with Crippen LogP contribution in [0.2, 0.25) is 0 Å². The molecule has 20 heavy (non-hydrogen) atoms. The van der Waals surface area contributed by atoms with Crippen LogP contribution in [0, 0.1) is 6.92 Å². The average Bonchev–Trinajstić information content (AvgIpc) is 2.44. The molecule has 0 bridgehead atoms. The molecule has 0 saturated carbocycles. The molecule has 0 unspecified atom stereocenters. The zero-order chi connectivity index (χ0) is 14.5. The van der Waals surface area contributed by atoms with Crippen molar-refractivity contribution in [2.45, 2.75) is 13.8 Å². The number of hydrogen-bond donors (Lipinski definition) is 2. The smallest absolute Gasteiger partial charge is 0.259 e. The Morgan fingerprint density at radius 3 is 2.90 bits per heavy atom. The fourth-order valence-electron chi connectivity index (χ4n) is 1.72. The van der Waals surface area contributed by atoms with Crippen molar-refractivity contribution in [2.24, 2.45) is 0 Å². The number of carbonyl (C=O) groups excluding carboxylic acids is 1. The highest BCUT2D eigenvalue weighted by molar-refractivity contribution is 9.10. The minimum Gasteiger partial charge on any atom is -0.383 e. The highest BCUT2D eigenvalue weighted by Crippen LogP contribution is 2.19. The molecular formula is C14H15BrN4O. The highest BCUT2D eigenvalue weighted by atomic mass is 79.9. The van der Waals surface area contributed by atoms with Crippen LogP contribution in [0.1, 0.15) is 22.8 Å². The minimum atomic E-state index is -0.211. The normalized spacial score (nSPS) is 10.2. The van der Waals surface area contributed by atoms with Crippen LogP contribution in [0.4, 0.5) is 11.5 Å². The molecular weight excluding hydrogens is 320 g/mol. The molecule has 5 nitrogen and oxygen atoms in total. The molecule has 0 saturated heterocycles. The number of pyridine rings is 2. The number of nitrogens with one attached hydrogen (secondary N) is 2. The van der Waals surface area contributed by atoms with E-state index in [0.717, 1.165) is 16.6 Å². The largest absolute Gasteiger partial charge is 0.383 e. The zero-order valence-corrected chi connectivity index (χ0v) is 12.9. The average molecular weight is 335 g/mol. The molecule has 104 valence electrons. The number of aromatic nitrogens is 2. The summed E-state index contributed by atoms with van der Waals surface area (Å²) in [6.45, 7) is 4.63. The first-order chi connectivity index (χ1) is 9.61. The van der Waals surface area contributed by atoms with Gasteiger partial charge in [0.2, 0.25) is 0 Å². The van der Waals surface area contributed by atoms with Crippen molar-refractivity contribution in [3.8, 4) is 0 Å². The molecule has 0 spiro atoms. The summed E-state index contributed by atoms with van der Waals surface area (Å²) in [7, 11) is 0. The Bertz CT molecular complexity index is 630. The van der Waals surface area contributed by atoms with E-state index in [4.69, 9.17) is 0 Å². The van der Waals surface area contributed by atoms with Crippen molar-refractivity contribution in [3.63, 3.8) is 0 Å². The summed E-state index contributed by atoms with van der Waals surface area (Å²) in [5.74, 6) is 0.313. The molecule has 2 N–H and O–H groups in total. The van der Waals surface area contributed by atoms with Gasteiger partial charge in [0.05, 0.1) is 17.4 Å². The summed E-state index contributed by atoms with van der Waals surface area (Å²) < 4.78 is 0.910. The van der Waals surface area contributed by atoms with E-state index >= 15 is 0 Å². The molecule has 6 heteroatoms. The second-order valence-corrected chi connectivity index (χ2v) is 5.08. The number of halogens is 1. The Morgan fingerprint density at radius 2 is 2.20 bits per heavy atom. The first-order valence-electron chi connectivity index (χ1n) is 6.23. The first kappa shape index (κ1) is 14.5. The summed E-state index contributed by atoms with van der Waals surface area (Å²) in [5.41, 5.74) is 2.27. The van der Waals surface area contributed by atoms with Crippen LogP contribution in [0.25, 0.3) is 0 Å². The molecule has 0 aliphatic heterocycles. The van der Waals surface area contributed by atoms with E-state index in [0.29, 0.717) is 17.1 Å². The lowest BCUT2D eigenvalue weighted by Gasteiger charge is -2.10. The lowest BCUT2D eigenvalue weighted by atomic mass is 10.2. The fourth-order valence-corrected chi connectivity index (χ4v) is 1.93. The van der Waals surface area contributed by atoms with Crippen molar-refractivity contribution < 1.29 is 4.79 Å². The number of amides is 1. The van der Waals surface area contributed by atoms with E-state index in [2.05, 4.69) is 36.5 Å². The maximum atomic E-state index is 12.3. The van der Waals surface area contributed by atoms with Crippen molar-refractivity contribution >= 4 is 33.3 Å². The van der Waals surface area contributed by atoms with Gasteiger partial charge in [0.1, 0.15) is 5.82 Å². The van der Waals surface area contributed by atoms with Crippen LogP contribution < -0.4 is 10.6 Å². The summed E-state index contributed by atoms with van der Waals surface area (Å²) in [4.78, 5) is 20.5. The molecule has 0 aliphatic carbocycles. The van der Waals surface area contributed by atoms with Crippen LogP contribution in [-0.2, 0) is 0 Å². The third-order valence-corrected chi connectivity index (χ3v) is 3.55. The second kappa shape index (κ2) is 6.47. The van der Waals surface area contributed by atoms with Gasteiger partial charge in [-0.2, -0.15) is 0 Å². The first-order valence-corrected chi connectivity index (χ1v) is 7.02. The summed E-state index contributed by atoms with van der Waals surface area (Å²) in [5, 5.41) is 5.90. The number of carbonyl (C=O) groups is 1. The molecule has 0 aromatic carbocycles. The lowest BCUT2D eigenvalue weighted by molar-refractivity contribution is 0.102. The van der Waals surface area contributed by atoms with Gasteiger partial charge in [-0.1, -0.05) is 0 Å². The van der Waals surface area contributed by atoms with Crippen LogP contribution in [-0.4, -0.2) is 22.4 Å². The topological polar surface area (TPSA) is 66.9 Å². The van der Waals surface area contributed by atoms with Crippen LogP contribution in [0.5, 0.6) is 0 Å². The van der Waals surface area contributed by atoms with Gasteiger partial charge in [0.15, 0.2) is 0 Å². The van der Waals surface area contributed by atoms with Crippen LogP contribution in [0.3, 0.4) is 0 Å². The van der Waals surface area contributed by atoms with Gasteiger partial charge in [0.25, 0.3) is 5.91 Å². The van der Waals surface area contributed by atoms with Gasteiger partial charge in [-0.25, -0.2) is 4.98 Å². The van der Waals surface area contributed by atoms with E-state index < -0.39 is 0 Å². The Balaban J connectivity index is 2.21. The third-order valence-electron chi connectivity index (χ3n) is 2.72. The quantitative estimate of drug-likeness (QED) is 0.900. The summed E-state index contributed by atoms with van der Waals surface area (Å²) >= 11 is 3.38. The molecule has 2 aromatic rings. The van der Waals surface area contributed by atoms with Gasteiger partial charge >= 0.3 is 0 Å². The van der Waals surface area contributed by atoms with E-state index in [-0.39, 0.29) is 5.91 Å². The van der Waals surface area contributed by atoms with Gasteiger partial charge in [-0.05, 0) is 47.5 Å². The van der Waals surface area contributed by atoms with E-state index in [1.54, 1.807) is 24.7 Å². The number of rotatable bonds is 4. The zero-order valence-electron chi connectivity index (χ0n) is 11.3.